The topological polar surface area (TPSA) is 35.5 Å². The number of aliphatic hydroxyl groups excluding tert-OH is 1. The molecule has 0 spiro atoms. The van der Waals surface area contributed by atoms with Crippen molar-refractivity contribution < 1.29 is 5.11 Å². The third-order valence-electron chi connectivity index (χ3n) is 4.14. The van der Waals surface area contributed by atoms with Gasteiger partial charge in [-0.3, -0.25) is 0 Å². The van der Waals surface area contributed by atoms with Gasteiger partial charge in [-0.15, -0.1) is 0 Å². The zero-order valence-electron chi connectivity index (χ0n) is 12.6. The number of hydrogen-bond acceptors (Lipinski definition) is 3. The molecule has 0 bridgehead atoms. The highest BCUT2D eigenvalue weighted by molar-refractivity contribution is 5.16. The van der Waals surface area contributed by atoms with E-state index in [1.807, 2.05) is 6.07 Å². The Balaban J connectivity index is 1.76. The molecule has 0 amide bonds. The summed E-state index contributed by atoms with van der Waals surface area (Å²) in [6.07, 6.45) is 4.55. The van der Waals surface area contributed by atoms with Crippen LogP contribution in [0.15, 0.2) is 30.3 Å². The molecular formula is C17H28N2O. The van der Waals surface area contributed by atoms with Gasteiger partial charge in [0.05, 0.1) is 6.61 Å². The first-order chi connectivity index (χ1) is 9.81. The summed E-state index contributed by atoms with van der Waals surface area (Å²) >= 11 is 0. The van der Waals surface area contributed by atoms with Gasteiger partial charge in [0, 0.05) is 12.1 Å². The molecule has 1 fully saturated rings. The van der Waals surface area contributed by atoms with Crippen molar-refractivity contribution in [2.24, 2.45) is 0 Å². The standard InChI is InChI=1S/C17H28N2O/c1-2-10-19-11-8-16(9-12-19)18-17(14-20)13-15-6-4-3-5-7-15/h3-7,16-18,20H,2,8-14H2,1H3/t17-/m1/s1. The van der Waals surface area contributed by atoms with Gasteiger partial charge >= 0.3 is 0 Å². The number of piperidine rings is 1. The zero-order chi connectivity index (χ0) is 14.2. The summed E-state index contributed by atoms with van der Waals surface area (Å²) in [5.74, 6) is 0. The average molecular weight is 276 g/mol. The van der Waals surface area contributed by atoms with E-state index in [9.17, 15) is 5.11 Å². The van der Waals surface area contributed by atoms with Crippen LogP contribution in [0.1, 0.15) is 31.7 Å². The molecule has 0 saturated carbocycles. The van der Waals surface area contributed by atoms with Gasteiger partial charge in [0.15, 0.2) is 0 Å². The summed E-state index contributed by atoms with van der Waals surface area (Å²) < 4.78 is 0. The molecule has 1 atom stereocenters. The number of rotatable bonds is 7. The number of likely N-dealkylation sites (tertiary alicyclic amines) is 1. The molecule has 0 radical (unpaired) electrons. The van der Waals surface area contributed by atoms with Crippen molar-refractivity contribution in [3.63, 3.8) is 0 Å². The maximum Gasteiger partial charge on any atom is 0.0587 e. The van der Waals surface area contributed by atoms with Crippen LogP contribution in [0.2, 0.25) is 0 Å². The monoisotopic (exact) mass is 276 g/mol. The van der Waals surface area contributed by atoms with Crippen molar-refractivity contribution in [3.8, 4) is 0 Å². The molecule has 0 aromatic heterocycles. The van der Waals surface area contributed by atoms with Gasteiger partial charge < -0.3 is 15.3 Å². The van der Waals surface area contributed by atoms with Crippen molar-refractivity contribution in [3.05, 3.63) is 35.9 Å². The van der Waals surface area contributed by atoms with E-state index in [4.69, 9.17) is 0 Å². The molecule has 20 heavy (non-hydrogen) atoms. The molecule has 112 valence electrons. The van der Waals surface area contributed by atoms with Gasteiger partial charge in [0.2, 0.25) is 0 Å². The average Bonchev–Trinajstić information content (AvgIpc) is 2.50. The summed E-state index contributed by atoms with van der Waals surface area (Å²) in [5.41, 5.74) is 1.29. The molecule has 1 heterocycles. The highest BCUT2D eigenvalue weighted by atomic mass is 16.3. The van der Waals surface area contributed by atoms with Gasteiger partial charge in [-0.2, -0.15) is 0 Å². The van der Waals surface area contributed by atoms with Crippen LogP contribution >= 0.6 is 0 Å². The minimum absolute atomic E-state index is 0.181. The summed E-state index contributed by atoms with van der Waals surface area (Å²) in [7, 11) is 0. The van der Waals surface area contributed by atoms with E-state index in [1.165, 1.54) is 44.5 Å². The molecule has 3 nitrogen and oxygen atoms in total. The maximum atomic E-state index is 9.58. The quantitative estimate of drug-likeness (QED) is 0.800. The fourth-order valence-electron chi connectivity index (χ4n) is 3.05. The summed E-state index contributed by atoms with van der Waals surface area (Å²) in [4.78, 5) is 2.54. The van der Waals surface area contributed by atoms with Crippen molar-refractivity contribution >= 4 is 0 Å². The predicted molar refractivity (Wildman–Crippen MR) is 83.9 cm³/mol. The van der Waals surface area contributed by atoms with E-state index in [0.717, 1.165) is 6.42 Å². The lowest BCUT2D eigenvalue weighted by Crippen LogP contribution is -2.48. The second-order valence-corrected chi connectivity index (χ2v) is 5.85. The van der Waals surface area contributed by atoms with Crippen LogP contribution in [-0.4, -0.2) is 48.3 Å². The van der Waals surface area contributed by atoms with E-state index in [1.54, 1.807) is 0 Å². The third-order valence-corrected chi connectivity index (χ3v) is 4.14. The lowest BCUT2D eigenvalue weighted by Gasteiger charge is -2.34. The third kappa shape index (κ3) is 4.89. The lowest BCUT2D eigenvalue weighted by molar-refractivity contribution is 0.171. The van der Waals surface area contributed by atoms with E-state index >= 15 is 0 Å². The maximum absolute atomic E-state index is 9.58. The molecular weight excluding hydrogens is 248 g/mol. The summed E-state index contributed by atoms with van der Waals surface area (Å²) in [5, 5.41) is 13.2. The Morgan fingerprint density at radius 3 is 2.55 bits per heavy atom. The van der Waals surface area contributed by atoms with Crippen LogP contribution in [-0.2, 0) is 6.42 Å². The Morgan fingerprint density at radius 2 is 1.95 bits per heavy atom. The minimum atomic E-state index is 0.181. The SMILES string of the molecule is CCCN1CCC(N[C@@H](CO)Cc2ccccc2)CC1. The normalized spacial score (nSPS) is 19.1. The first-order valence-corrected chi connectivity index (χ1v) is 7.95. The largest absolute Gasteiger partial charge is 0.395 e. The van der Waals surface area contributed by atoms with Crippen molar-refractivity contribution in [2.75, 3.05) is 26.2 Å². The molecule has 1 aliphatic heterocycles. The van der Waals surface area contributed by atoms with Crippen LogP contribution in [0, 0.1) is 0 Å². The fraction of sp³-hybridized carbons (Fsp3) is 0.647. The fourth-order valence-corrected chi connectivity index (χ4v) is 3.05. The summed E-state index contributed by atoms with van der Waals surface area (Å²) in [6.45, 7) is 6.06. The number of nitrogens with zero attached hydrogens (tertiary/aromatic N) is 1. The van der Waals surface area contributed by atoms with E-state index in [-0.39, 0.29) is 12.6 Å². The van der Waals surface area contributed by atoms with Gasteiger partial charge in [-0.1, -0.05) is 37.3 Å². The van der Waals surface area contributed by atoms with Gasteiger partial charge in [0.25, 0.3) is 0 Å². The molecule has 1 aromatic carbocycles. The minimum Gasteiger partial charge on any atom is -0.395 e. The smallest absolute Gasteiger partial charge is 0.0587 e. The number of hydrogen-bond donors (Lipinski definition) is 2. The highest BCUT2D eigenvalue weighted by Gasteiger charge is 2.21. The van der Waals surface area contributed by atoms with E-state index in [0.29, 0.717) is 6.04 Å². The Kier molecular flexibility index (Phi) is 6.51. The molecule has 2 rings (SSSR count). The predicted octanol–water partition coefficient (Wildman–Crippen LogP) is 2.05. The van der Waals surface area contributed by atoms with Crippen molar-refractivity contribution in [2.45, 2.75) is 44.7 Å². The highest BCUT2D eigenvalue weighted by Crippen LogP contribution is 2.12. The number of benzene rings is 1. The van der Waals surface area contributed by atoms with Gasteiger partial charge in [-0.25, -0.2) is 0 Å². The van der Waals surface area contributed by atoms with Gasteiger partial charge in [-0.05, 0) is 50.9 Å². The second-order valence-electron chi connectivity index (χ2n) is 5.85. The molecule has 3 heteroatoms. The Labute approximate surface area is 123 Å². The van der Waals surface area contributed by atoms with Crippen LogP contribution in [0.25, 0.3) is 0 Å². The van der Waals surface area contributed by atoms with E-state index < -0.39 is 0 Å². The summed E-state index contributed by atoms with van der Waals surface area (Å²) in [6, 6.07) is 11.2. The van der Waals surface area contributed by atoms with Crippen molar-refractivity contribution in [1.29, 1.82) is 0 Å². The number of nitrogens with one attached hydrogen (secondary N) is 1. The van der Waals surface area contributed by atoms with Crippen LogP contribution in [0.4, 0.5) is 0 Å². The Morgan fingerprint density at radius 1 is 1.25 bits per heavy atom. The molecule has 1 aromatic rings. The van der Waals surface area contributed by atoms with Crippen LogP contribution < -0.4 is 5.32 Å². The molecule has 0 aliphatic carbocycles. The van der Waals surface area contributed by atoms with Crippen molar-refractivity contribution in [1.82, 2.24) is 10.2 Å². The van der Waals surface area contributed by atoms with Crippen LogP contribution in [0.5, 0.6) is 0 Å². The van der Waals surface area contributed by atoms with Gasteiger partial charge in [0.1, 0.15) is 0 Å². The second kappa shape index (κ2) is 8.40. The lowest BCUT2D eigenvalue weighted by atomic mass is 10.0. The Hall–Kier alpha value is -0.900. The molecule has 2 N–H and O–H groups in total. The van der Waals surface area contributed by atoms with E-state index in [2.05, 4.69) is 41.4 Å². The number of aliphatic hydroxyl groups is 1. The Bertz CT molecular complexity index is 361. The molecule has 0 unspecified atom stereocenters. The first kappa shape index (κ1) is 15.5. The van der Waals surface area contributed by atoms with Crippen LogP contribution in [0.3, 0.4) is 0 Å². The molecule has 1 saturated heterocycles. The zero-order valence-corrected chi connectivity index (χ0v) is 12.6. The molecule has 1 aliphatic rings. The first-order valence-electron chi connectivity index (χ1n) is 7.95.